The molecule has 2 aliphatic rings. The molecule has 2 aliphatic carbocycles. The molecule has 1 heterocycles. The zero-order valence-corrected chi connectivity index (χ0v) is 13.5. The third-order valence-electron chi connectivity index (χ3n) is 4.67. The lowest BCUT2D eigenvalue weighted by molar-refractivity contribution is 0.864. The highest BCUT2D eigenvalue weighted by atomic mass is 15.0. The Labute approximate surface area is 140 Å². The van der Waals surface area contributed by atoms with Gasteiger partial charge in [0.2, 0.25) is 0 Å². The van der Waals surface area contributed by atoms with Crippen LogP contribution in [0.25, 0.3) is 0 Å². The second-order valence-electron chi connectivity index (χ2n) is 6.56. The van der Waals surface area contributed by atoms with Crippen LogP contribution in [0.5, 0.6) is 0 Å². The van der Waals surface area contributed by atoms with Gasteiger partial charge in [0, 0.05) is 20.2 Å². The van der Waals surface area contributed by atoms with Gasteiger partial charge in [0.05, 0.1) is 23.8 Å². The van der Waals surface area contributed by atoms with Crippen LogP contribution in [0.2, 0.25) is 0 Å². The molecule has 2 unspecified atom stereocenters. The van der Waals surface area contributed by atoms with E-state index in [0.29, 0.717) is 5.92 Å². The van der Waals surface area contributed by atoms with Crippen LogP contribution < -0.4 is 10.6 Å². The van der Waals surface area contributed by atoms with Gasteiger partial charge in [0.15, 0.2) is 0 Å². The number of hydrogen-bond donors (Lipinski definition) is 2. The van der Waals surface area contributed by atoms with E-state index in [-0.39, 0.29) is 2.85 Å². The van der Waals surface area contributed by atoms with Crippen LogP contribution >= 0.6 is 0 Å². The van der Waals surface area contributed by atoms with Gasteiger partial charge in [-0.3, -0.25) is 4.98 Å². The molecular weight excluding hydrogens is 282 g/mol. The molecule has 0 aliphatic heterocycles. The lowest BCUT2D eigenvalue weighted by Gasteiger charge is -2.15. The van der Waals surface area contributed by atoms with E-state index < -0.39 is 0 Å². The molecule has 0 bridgehead atoms. The molecule has 2 aromatic rings. The van der Waals surface area contributed by atoms with E-state index in [1.165, 1.54) is 23.3 Å². The highest BCUT2D eigenvalue weighted by Crippen LogP contribution is 2.50. The minimum Gasteiger partial charge on any atom is -0.357 e. The Morgan fingerprint density at radius 2 is 1.65 bits per heavy atom. The molecule has 3 heteroatoms. The summed E-state index contributed by atoms with van der Waals surface area (Å²) in [4.78, 5) is 4.35. The number of hydrogen-bond acceptors (Lipinski definition) is 3. The maximum atomic E-state index is 4.35. The Hall–Kier alpha value is -2.55. The lowest BCUT2D eigenvalue weighted by atomic mass is 10.0. The van der Waals surface area contributed by atoms with E-state index in [1.807, 2.05) is 12.4 Å². The first-order chi connectivity index (χ1) is 11.2. The van der Waals surface area contributed by atoms with E-state index in [1.54, 1.807) is 0 Å². The number of pyridine rings is 1. The Balaban J connectivity index is 0.00000113. The summed E-state index contributed by atoms with van der Waals surface area (Å²) < 4.78 is 0. The van der Waals surface area contributed by atoms with Gasteiger partial charge in [-0.25, -0.2) is 0 Å². The van der Waals surface area contributed by atoms with E-state index in [2.05, 4.69) is 71.9 Å². The van der Waals surface area contributed by atoms with Gasteiger partial charge in [-0.15, -0.1) is 0 Å². The molecule has 0 saturated heterocycles. The molecule has 0 radical (unpaired) electrons. The number of nitrogens with one attached hydrogen (secondary N) is 2. The summed E-state index contributed by atoms with van der Waals surface area (Å²) in [5.41, 5.74) is 7.19. The molecule has 2 atom stereocenters. The predicted octanol–water partition coefficient (Wildman–Crippen LogP) is 5.52. The number of allylic oxidation sites excluding steroid dienone is 4. The summed E-state index contributed by atoms with van der Waals surface area (Å²) in [6, 6.07) is 10.5. The molecule has 23 heavy (non-hydrogen) atoms. The van der Waals surface area contributed by atoms with Gasteiger partial charge in [-0.2, -0.15) is 0 Å². The van der Waals surface area contributed by atoms with Crippen molar-refractivity contribution in [3.8, 4) is 0 Å². The first-order valence-electron chi connectivity index (χ1n) is 8.13. The van der Waals surface area contributed by atoms with Crippen molar-refractivity contribution >= 4 is 17.1 Å². The molecule has 1 aromatic carbocycles. The van der Waals surface area contributed by atoms with Crippen LogP contribution in [0.3, 0.4) is 0 Å². The first-order valence-corrected chi connectivity index (χ1v) is 8.13. The molecular formula is C20H25N3. The zero-order chi connectivity index (χ0) is 15.8. The van der Waals surface area contributed by atoms with Crippen molar-refractivity contribution in [2.75, 3.05) is 10.6 Å². The van der Waals surface area contributed by atoms with Crippen LogP contribution in [-0.2, 0) is 0 Å². The van der Waals surface area contributed by atoms with Crippen molar-refractivity contribution in [3.05, 3.63) is 71.7 Å². The second-order valence-corrected chi connectivity index (χ2v) is 6.56. The van der Waals surface area contributed by atoms with Gasteiger partial charge in [0.25, 0.3) is 0 Å². The number of nitrogens with zero attached hydrogens (tertiary/aromatic N) is 1. The van der Waals surface area contributed by atoms with Crippen molar-refractivity contribution in [3.63, 3.8) is 0 Å². The van der Waals surface area contributed by atoms with E-state index >= 15 is 0 Å². The third kappa shape index (κ3) is 3.00. The molecule has 0 amide bonds. The minimum absolute atomic E-state index is 0. The Bertz CT molecular complexity index is 797. The fourth-order valence-corrected chi connectivity index (χ4v) is 3.19. The summed E-state index contributed by atoms with van der Waals surface area (Å²) in [5, 5.41) is 6.95. The largest absolute Gasteiger partial charge is 0.357 e. The molecule has 1 saturated carbocycles. The van der Waals surface area contributed by atoms with E-state index in [9.17, 15) is 0 Å². The standard InChI is InChI=1S/C20H21N3.2H2/c1-13-3-6-15(7-4-13)22-16-9-17(12-21-11-16)23-20-8-5-14(2)18-10-19(18)20;;/h3-9,11-12,18-19,22-23H,10H2,1-2H3;2*1H. The van der Waals surface area contributed by atoms with E-state index in [4.69, 9.17) is 0 Å². The number of anilines is 3. The summed E-state index contributed by atoms with van der Waals surface area (Å²) in [6.45, 7) is 4.32. The molecule has 3 nitrogen and oxygen atoms in total. The van der Waals surface area contributed by atoms with E-state index in [0.717, 1.165) is 23.0 Å². The SMILES string of the molecule is CC1=CC=C(Nc2cncc(Nc3ccc(C)cc3)c2)C2CC12.[HH].[HH]. The van der Waals surface area contributed by atoms with Crippen LogP contribution in [0.4, 0.5) is 17.1 Å². The average molecular weight is 307 g/mol. The first kappa shape index (κ1) is 14.1. The quantitative estimate of drug-likeness (QED) is 0.781. The normalized spacial score (nSPS) is 21.8. The summed E-state index contributed by atoms with van der Waals surface area (Å²) in [6.07, 6.45) is 9.45. The Kier molecular flexibility index (Phi) is 3.41. The summed E-state index contributed by atoms with van der Waals surface area (Å²) in [5.74, 6) is 1.43. The Morgan fingerprint density at radius 1 is 0.913 bits per heavy atom. The van der Waals surface area contributed by atoms with Gasteiger partial charge in [0.1, 0.15) is 0 Å². The fourth-order valence-electron chi connectivity index (χ4n) is 3.19. The van der Waals surface area contributed by atoms with Crippen molar-refractivity contribution in [2.45, 2.75) is 20.3 Å². The molecule has 4 rings (SSSR count). The van der Waals surface area contributed by atoms with Crippen LogP contribution in [0.1, 0.15) is 21.8 Å². The zero-order valence-electron chi connectivity index (χ0n) is 13.5. The third-order valence-corrected chi connectivity index (χ3v) is 4.67. The molecule has 2 N–H and O–H groups in total. The lowest BCUT2D eigenvalue weighted by Crippen LogP contribution is -2.06. The predicted molar refractivity (Wildman–Crippen MR) is 100.0 cm³/mol. The monoisotopic (exact) mass is 307 g/mol. The number of rotatable bonds is 4. The second kappa shape index (κ2) is 5.58. The van der Waals surface area contributed by atoms with Crippen molar-refractivity contribution in [2.24, 2.45) is 11.8 Å². The average Bonchev–Trinajstić information content (AvgIpc) is 3.35. The van der Waals surface area contributed by atoms with Gasteiger partial charge >= 0.3 is 0 Å². The smallest absolute Gasteiger partial charge is 0.0591 e. The molecule has 120 valence electrons. The van der Waals surface area contributed by atoms with Crippen LogP contribution in [0.15, 0.2) is 66.1 Å². The fraction of sp³-hybridized carbons (Fsp3) is 0.250. The highest BCUT2D eigenvalue weighted by molar-refractivity contribution is 5.64. The van der Waals surface area contributed by atoms with Crippen molar-refractivity contribution in [1.29, 1.82) is 0 Å². The maximum absolute atomic E-state index is 4.35. The van der Waals surface area contributed by atoms with Gasteiger partial charge < -0.3 is 10.6 Å². The maximum Gasteiger partial charge on any atom is 0.0591 e. The number of aromatic nitrogens is 1. The summed E-state index contributed by atoms with van der Waals surface area (Å²) in [7, 11) is 0. The van der Waals surface area contributed by atoms with Crippen molar-refractivity contribution < 1.29 is 2.85 Å². The molecule has 1 aromatic heterocycles. The topological polar surface area (TPSA) is 37.0 Å². The molecule has 1 fully saturated rings. The van der Waals surface area contributed by atoms with Crippen LogP contribution in [-0.4, -0.2) is 4.98 Å². The van der Waals surface area contributed by atoms with Gasteiger partial charge in [-0.05, 0) is 50.5 Å². The summed E-state index contributed by atoms with van der Waals surface area (Å²) >= 11 is 0. The number of aryl methyl sites for hydroxylation is 1. The molecule has 0 spiro atoms. The Morgan fingerprint density at radius 3 is 2.43 bits per heavy atom. The van der Waals surface area contributed by atoms with Gasteiger partial charge in [-0.1, -0.05) is 29.3 Å². The van der Waals surface area contributed by atoms with Crippen molar-refractivity contribution in [1.82, 2.24) is 4.98 Å². The number of benzene rings is 1. The number of fused-ring (bicyclic) bond motifs is 1. The van der Waals surface area contributed by atoms with Crippen LogP contribution in [0, 0.1) is 18.8 Å². The minimum atomic E-state index is 0. The highest BCUT2D eigenvalue weighted by Gasteiger charge is 2.42.